The number of hydrogen-bond acceptors (Lipinski definition) is 4. The first-order valence-corrected chi connectivity index (χ1v) is 8.46. The van der Waals surface area contributed by atoms with Crippen LogP contribution in [-0.4, -0.2) is 18.5 Å². The van der Waals surface area contributed by atoms with Crippen molar-refractivity contribution < 1.29 is 4.79 Å². The van der Waals surface area contributed by atoms with E-state index in [2.05, 4.69) is 10.6 Å². The molecule has 0 bridgehead atoms. The van der Waals surface area contributed by atoms with Gasteiger partial charge in [-0.2, -0.15) is 0 Å². The lowest BCUT2D eigenvalue weighted by molar-refractivity contribution is 0.0960. The molecule has 112 valence electrons. The number of rotatable bonds is 4. The Morgan fingerprint density at radius 2 is 1.95 bits per heavy atom. The fraction of sp³-hybridized carbons (Fsp3) is 0.667. The molecule has 0 saturated heterocycles. The van der Waals surface area contributed by atoms with Gasteiger partial charge in [0.1, 0.15) is 4.88 Å². The molecule has 0 radical (unpaired) electrons. The van der Waals surface area contributed by atoms with E-state index in [-0.39, 0.29) is 5.91 Å². The Morgan fingerprint density at radius 1 is 1.30 bits per heavy atom. The molecule has 1 fully saturated rings. The van der Waals surface area contributed by atoms with Crippen LogP contribution in [0.15, 0.2) is 6.07 Å². The molecule has 2 rings (SSSR count). The fourth-order valence-corrected chi connectivity index (χ4v) is 3.67. The van der Waals surface area contributed by atoms with Crippen LogP contribution in [-0.2, 0) is 0 Å². The molecule has 4 nitrogen and oxygen atoms in total. The second-order valence-corrected chi connectivity index (χ2v) is 6.49. The van der Waals surface area contributed by atoms with Gasteiger partial charge in [-0.25, -0.2) is 0 Å². The maximum Gasteiger partial charge on any atom is 0.263 e. The largest absolute Gasteiger partial charge is 0.397 e. The highest BCUT2D eigenvalue weighted by molar-refractivity contribution is 7.18. The summed E-state index contributed by atoms with van der Waals surface area (Å²) < 4.78 is 0. The van der Waals surface area contributed by atoms with Crippen molar-refractivity contribution in [1.29, 1.82) is 0 Å². The number of hydrogen-bond donors (Lipinski definition) is 3. The highest BCUT2D eigenvalue weighted by atomic mass is 32.1. The van der Waals surface area contributed by atoms with Gasteiger partial charge in [-0.3, -0.25) is 4.79 Å². The molecule has 1 heterocycles. The summed E-state index contributed by atoms with van der Waals surface area (Å²) in [4.78, 5) is 12.5. The molecule has 0 aromatic carbocycles. The molecular formula is C15H25N3OS. The van der Waals surface area contributed by atoms with E-state index in [1.165, 1.54) is 56.3 Å². The van der Waals surface area contributed by atoms with E-state index in [0.717, 1.165) is 5.00 Å². The maximum absolute atomic E-state index is 11.9. The quantitative estimate of drug-likeness (QED) is 0.795. The summed E-state index contributed by atoms with van der Waals surface area (Å²) in [7, 11) is 0. The predicted molar refractivity (Wildman–Crippen MR) is 86.5 cm³/mol. The number of amides is 1. The first-order chi connectivity index (χ1) is 9.70. The number of carbonyl (C=O) groups is 1. The molecular weight excluding hydrogens is 270 g/mol. The standard InChI is InChI=1S/C15H25N3OS/c1-2-17-15(19)14-12(16)10-13(20-14)18-11-8-6-4-3-5-7-9-11/h10-11,18H,2-9,16H2,1H3,(H,17,19). The third-order valence-corrected chi connectivity index (χ3v) is 4.84. The number of carbonyl (C=O) groups excluding carboxylic acids is 1. The Balaban J connectivity index is 1.98. The first kappa shape index (κ1) is 15.2. The van der Waals surface area contributed by atoms with Crippen LogP contribution in [0.1, 0.15) is 61.5 Å². The van der Waals surface area contributed by atoms with Crippen LogP contribution in [0, 0.1) is 0 Å². The highest BCUT2D eigenvalue weighted by Gasteiger charge is 2.16. The van der Waals surface area contributed by atoms with Gasteiger partial charge >= 0.3 is 0 Å². The normalized spacial score (nSPS) is 17.2. The molecule has 4 N–H and O–H groups in total. The number of thiophene rings is 1. The molecule has 1 saturated carbocycles. The lowest BCUT2D eigenvalue weighted by Gasteiger charge is -2.21. The van der Waals surface area contributed by atoms with Gasteiger partial charge in [-0.1, -0.05) is 32.1 Å². The van der Waals surface area contributed by atoms with Crippen molar-refractivity contribution in [2.45, 2.75) is 57.9 Å². The molecule has 0 unspecified atom stereocenters. The van der Waals surface area contributed by atoms with Crippen molar-refractivity contribution in [3.05, 3.63) is 10.9 Å². The summed E-state index contributed by atoms with van der Waals surface area (Å²) in [6.07, 6.45) is 9.08. The van der Waals surface area contributed by atoms with Crippen LogP contribution in [0.3, 0.4) is 0 Å². The Bertz CT molecular complexity index is 436. The van der Waals surface area contributed by atoms with Crippen LogP contribution in [0.25, 0.3) is 0 Å². The molecule has 1 amide bonds. The SMILES string of the molecule is CCNC(=O)c1sc(NC2CCCCCCC2)cc1N. The third kappa shape index (κ3) is 4.13. The Morgan fingerprint density at radius 3 is 2.60 bits per heavy atom. The van der Waals surface area contributed by atoms with Gasteiger partial charge in [0.25, 0.3) is 5.91 Å². The molecule has 1 aliphatic rings. The van der Waals surface area contributed by atoms with Crippen LogP contribution < -0.4 is 16.4 Å². The minimum atomic E-state index is -0.0688. The van der Waals surface area contributed by atoms with E-state index >= 15 is 0 Å². The van der Waals surface area contributed by atoms with Crippen molar-refractivity contribution in [3.63, 3.8) is 0 Å². The first-order valence-electron chi connectivity index (χ1n) is 7.64. The van der Waals surface area contributed by atoms with Crippen molar-refractivity contribution in [1.82, 2.24) is 5.32 Å². The minimum Gasteiger partial charge on any atom is -0.397 e. The van der Waals surface area contributed by atoms with E-state index in [1.54, 1.807) is 0 Å². The minimum absolute atomic E-state index is 0.0688. The lowest BCUT2D eigenvalue weighted by atomic mass is 9.97. The van der Waals surface area contributed by atoms with Gasteiger partial charge in [0.15, 0.2) is 0 Å². The predicted octanol–water partition coefficient (Wildman–Crippen LogP) is 3.60. The van der Waals surface area contributed by atoms with Crippen LogP contribution in [0.2, 0.25) is 0 Å². The van der Waals surface area contributed by atoms with E-state index in [9.17, 15) is 4.79 Å². The monoisotopic (exact) mass is 295 g/mol. The van der Waals surface area contributed by atoms with Crippen LogP contribution >= 0.6 is 11.3 Å². The molecule has 20 heavy (non-hydrogen) atoms. The zero-order valence-corrected chi connectivity index (χ0v) is 13.0. The van der Waals surface area contributed by atoms with Gasteiger partial charge in [0, 0.05) is 12.6 Å². The van der Waals surface area contributed by atoms with E-state index < -0.39 is 0 Å². The highest BCUT2D eigenvalue weighted by Crippen LogP contribution is 2.31. The van der Waals surface area contributed by atoms with E-state index in [4.69, 9.17) is 5.73 Å². The van der Waals surface area contributed by atoms with Crippen LogP contribution in [0.4, 0.5) is 10.7 Å². The molecule has 0 spiro atoms. The van der Waals surface area contributed by atoms with Gasteiger partial charge in [-0.15, -0.1) is 11.3 Å². The molecule has 0 atom stereocenters. The van der Waals surface area contributed by atoms with E-state index in [1.807, 2.05) is 13.0 Å². The Kier molecular flexibility index (Phi) is 5.71. The summed E-state index contributed by atoms with van der Waals surface area (Å²) in [6, 6.07) is 2.42. The second kappa shape index (κ2) is 7.53. The van der Waals surface area contributed by atoms with Crippen molar-refractivity contribution >= 4 is 27.9 Å². The topological polar surface area (TPSA) is 67.2 Å². The average Bonchev–Trinajstić information content (AvgIpc) is 2.74. The summed E-state index contributed by atoms with van der Waals surface area (Å²) in [5, 5.41) is 7.39. The molecule has 5 heteroatoms. The number of nitrogens with one attached hydrogen (secondary N) is 2. The zero-order valence-electron chi connectivity index (χ0n) is 12.2. The summed E-state index contributed by atoms with van der Waals surface area (Å²) in [5.74, 6) is -0.0688. The smallest absolute Gasteiger partial charge is 0.263 e. The second-order valence-electron chi connectivity index (χ2n) is 5.44. The zero-order chi connectivity index (χ0) is 14.4. The van der Waals surface area contributed by atoms with Crippen LogP contribution in [0.5, 0.6) is 0 Å². The van der Waals surface area contributed by atoms with Gasteiger partial charge in [0.05, 0.1) is 10.7 Å². The lowest BCUT2D eigenvalue weighted by Crippen LogP contribution is -2.22. The number of anilines is 2. The van der Waals surface area contributed by atoms with Crippen molar-refractivity contribution in [2.24, 2.45) is 0 Å². The van der Waals surface area contributed by atoms with Gasteiger partial charge < -0.3 is 16.4 Å². The molecule has 0 aliphatic heterocycles. The Hall–Kier alpha value is -1.23. The summed E-state index contributed by atoms with van der Waals surface area (Å²) >= 11 is 1.47. The average molecular weight is 295 g/mol. The number of nitrogen functional groups attached to an aromatic ring is 1. The Labute approximate surface area is 125 Å². The van der Waals surface area contributed by atoms with Gasteiger partial charge in [0.2, 0.25) is 0 Å². The van der Waals surface area contributed by atoms with Crippen molar-refractivity contribution in [3.8, 4) is 0 Å². The number of nitrogens with two attached hydrogens (primary N) is 1. The third-order valence-electron chi connectivity index (χ3n) is 3.76. The van der Waals surface area contributed by atoms with Crippen molar-refractivity contribution in [2.75, 3.05) is 17.6 Å². The summed E-state index contributed by atoms with van der Waals surface area (Å²) in [6.45, 7) is 2.54. The van der Waals surface area contributed by atoms with Gasteiger partial charge in [-0.05, 0) is 25.8 Å². The molecule has 1 aromatic heterocycles. The maximum atomic E-state index is 11.9. The fourth-order valence-electron chi connectivity index (χ4n) is 2.70. The summed E-state index contributed by atoms with van der Waals surface area (Å²) in [5.41, 5.74) is 6.52. The molecule has 1 aromatic rings. The van der Waals surface area contributed by atoms with E-state index in [0.29, 0.717) is 23.2 Å². The molecule has 1 aliphatic carbocycles.